The fourth-order valence-corrected chi connectivity index (χ4v) is 3.81. The lowest BCUT2D eigenvalue weighted by molar-refractivity contribution is 0.0928. The molecule has 1 aliphatic rings. The number of carbonyl (C=O) groups is 1. The predicted octanol–water partition coefficient (Wildman–Crippen LogP) is 4.20. The summed E-state index contributed by atoms with van der Waals surface area (Å²) < 4.78 is 38.2. The van der Waals surface area contributed by atoms with E-state index < -0.39 is 17.5 Å². The molecule has 1 aliphatic heterocycles. The Labute approximate surface area is 178 Å². The van der Waals surface area contributed by atoms with E-state index in [0.717, 1.165) is 37.6 Å². The molecule has 0 bridgehead atoms. The highest BCUT2D eigenvalue weighted by Gasteiger charge is 2.27. The lowest BCUT2D eigenvalue weighted by atomic mass is 10.0. The Morgan fingerprint density at radius 2 is 1.90 bits per heavy atom. The molecule has 2 aromatic carbocycles. The number of likely N-dealkylation sites (tertiary alicyclic amines) is 1. The molecule has 1 atom stereocenters. The lowest BCUT2D eigenvalue weighted by Gasteiger charge is -2.28. The first-order chi connectivity index (χ1) is 15.0. The third kappa shape index (κ3) is 4.74. The minimum absolute atomic E-state index is 0.130. The fraction of sp³-hybridized carbons (Fsp3) is 0.304. The van der Waals surface area contributed by atoms with E-state index in [4.69, 9.17) is 9.26 Å². The molecule has 1 amide bonds. The van der Waals surface area contributed by atoms with Crippen LogP contribution in [0.2, 0.25) is 0 Å². The summed E-state index contributed by atoms with van der Waals surface area (Å²) in [7, 11) is 1.58. The minimum Gasteiger partial charge on any atom is -0.497 e. The standard InChI is InChI=1S/C23H23F2N3O3/c1-30-17-7-4-15(5-8-17)22-13-20(27-31-22)23(29)26-14-21(28-10-2-3-11-28)18-9-6-16(24)12-19(18)25/h4-9,12-13,21H,2-3,10-11,14H2,1H3,(H,26,29)/t21-/m1/s1. The molecule has 1 fully saturated rings. The summed E-state index contributed by atoms with van der Waals surface area (Å²) in [5.74, 6) is -0.501. The van der Waals surface area contributed by atoms with Crippen molar-refractivity contribution in [3.63, 3.8) is 0 Å². The number of benzene rings is 2. The van der Waals surface area contributed by atoms with E-state index in [0.29, 0.717) is 17.1 Å². The van der Waals surface area contributed by atoms with Crippen molar-refractivity contribution in [2.75, 3.05) is 26.7 Å². The molecular weight excluding hydrogens is 404 g/mol. The Bertz CT molecular complexity index is 1050. The van der Waals surface area contributed by atoms with Gasteiger partial charge in [0.1, 0.15) is 17.4 Å². The molecule has 31 heavy (non-hydrogen) atoms. The second kappa shape index (κ2) is 9.26. The Morgan fingerprint density at radius 3 is 2.58 bits per heavy atom. The number of nitrogens with zero attached hydrogens (tertiary/aromatic N) is 2. The molecule has 8 heteroatoms. The SMILES string of the molecule is COc1ccc(-c2cc(C(=O)NC[C@H](c3ccc(F)cc3F)N3CCCC3)no2)cc1. The van der Waals surface area contributed by atoms with Crippen LogP contribution >= 0.6 is 0 Å². The number of carbonyl (C=O) groups excluding carboxylic acids is 1. The number of rotatable bonds is 7. The summed E-state index contributed by atoms with van der Waals surface area (Å²) in [6.45, 7) is 1.76. The van der Waals surface area contributed by atoms with Gasteiger partial charge in [0.05, 0.1) is 13.2 Å². The van der Waals surface area contributed by atoms with Gasteiger partial charge in [-0.2, -0.15) is 0 Å². The summed E-state index contributed by atoms with van der Waals surface area (Å²) in [6.07, 6.45) is 2.00. The highest BCUT2D eigenvalue weighted by Crippen LogP contribution is 2.27. The van der Waals surface area contributed by atoms with Gasteiger partial charge >= 0.3 is 0 Å². The van der Waals surface area contributed by atoms with Crippen molar-refractivity contribution >= 4 is 5.91 Å². The van der Waals surface area contributed by atoms with Gasteiger partial charge in [0.25, 0.3) is 5.91 Å². The van der Waals surface area contributed by atoms with E-state index in [1.165, 1.54) is 12.1 Å². The number of aromatic nitrogens is 1. The number of ether oxygens (including phenoxy) is 1. The van der Waals surface area contributed by atoms with Crippen molar-refractivity contribution in [3.8, 4) is 17.1 Å². The van der Waals surface area contributed by atoms with Crippen LogP contribution in [0.15, 0.2) is 53.1 Å². The second-order valence-corrected chi connectivity index (χ2v) is 7.44. The van der Waals surface area contributed by atoms with Gasteiger partial charge in [-0.05, 0) is 56.3 Å². The molecular formula is C23H23F2N3O3. The minimum atomic E-state index is -0.626. The zero-order chi connectivity index (χ0) is 21.8. The molecule has 1 saturated heterocycles. The van der Waals surface area contributed by atoms with Gasteiger partial charge < -0.3 is 14.6 Å². The molecule has 6 nitrogen and oxygen atoms in total. The molecule has 0 saturated carbocycles. The van der Waals surface area contributed by atoms with Crippen LogP contribution in [0, 0.1) is 11.6 Å². The summed E-state index contributed by atoms with van der Waals surface area (Å²) in [6, 6.07) is 11.9. The molecule has 0 radical (unpaired) electrons. The van der Waals surface area contributed by atoms with Crippen LogP contribution < -0.4 is 10.1 Å². The molecule has 0 aliphatic carbocycles. The van der Waals surface area contributed by atoms with E-state index in [1.807, 2.05) is 12.1 Å². The Morgan fingerprint density at radius 1 is 1.16 bits per heavy atom. The van der Waals surface area contributed by atoms with Crippen molar-refractivity contribution in [2.24, 2.45) is 0 Å². The Hall–Kier alpha value is -3.26. The quantitative estimate of drug-likeness (QED) is 0.612. The number of halogens is 2. The number of methoxy groups -OCH3 is 1. The first-order valence-electron chi connectivity index (χ1n) is 10.1. The highest BCUT2D eigenvalue weighted by molar-refractivity contribution is 5.93. The van der Waals surface area contributed by atoms with Crippen molar-refractivity contribution in [1.82, 2.24) is 15.4 Å². The van der Waals surface area contributed by atoms with E-state index in [1.54, 1.807) is 25.3 Å². The average Bonchev–Trinajstić information content (AvgIpc) is 3.48. The maximum absolute atomic E-state index is 14.4. The molecule has 1 aromatic heterocycles. The van der Waals surface area contributed by atoms with Crippen LogP contribution in [0.1, 0.15) is 34.9 Å². The molecule has 162 valence electrons. The van der Waals surface area contributed by atoms with Gasteiger partial charge in [0.15, 0.2) is 11.5 Å². The summed E-state index contributed by atoms with van der Waals surface area (Å²) in [5.41, 5.74) is 1.25. The first-order valence-corrected chi connectivity index (χ1v) is 10.1. The zero-order valence-corrected chi connectivity index (χ0v) is 17.1. The van der Waals surface area contributed by atoms with Gasteiger partial charge in [0.2, 0.25) is 0 Å². The maximum atomic E-state index is 14.4. The summed E-state index contributed by atoms with van der Waals surface area (Å²) in [5, 5.41) is 6.67. The van der Waals surface area contributed by atoms with Gasteiger partial charge in [-0.15, -0.1) is 0 Å². The first kappa shape index (κ1) is 21.0. The maximum Gasteiger partial charge on any atom is 0.273 e. The zero-order valence-electron chi connectivity index (χ0n) is 17.1. The van der Waals surface area contributed by atoms with Crippen molar-refractivity contribution < 1.29 is 22.8 Å². The molecule has 2 heterocycles. The number of hydrogen-bond acceptors (Lipinski definition) is 5. The third-order valence-electron chi connectivity index (χ3n) is 5.48. The van der Waals surface area contributed by atoms with Crippen molar-refractivity contribution in [3.05, 3.63) is 71.4 Å². The normalized spacial score (nSPS) is 15.1. The van der Waals surface area contributed by atoms with Gasteiger partial charge in [-0.1, -0.05) is 11.2 Å². The van der Waals surface area contributed by atoms with Crippen molar-refractivity contribution in [2.45, 2.75) is 18.9 Å². The van der Waals surface area contributed by atoms with E-state index in [9.17, 15) is 13.6 Å². The van der Waals surface area contributed by atoms with Crippen LogP contribution in [-0.4, -0.2) is 42.7 Å². The van der Waals surface area contributed by atoms with Gasteiger partial charge in [-0.3, -0.25) is 9.69 Å². The van der Waals surface area contributed by atoms with Crippen LogP contribution in [-0.2, 0) is 0 Å². The number of amides is 1. The van der Waals surface area contributed by atoms with Crippen LogP contribution in [0.4, 0.5) is 8.78 Å². The van der Waals surface area contributed by atoms with Crippen LogP contribution in [0.5, 0.6) is 5.75 Å². The smallest absolute Gasteiger partial charge is 0.273 e. The number of nitrogens with one attached hydrogen (secondary N) is 1. The Kier molecular flexibility index (Phi) is 6.27. The molecule has 0 spiro atoms. The third-order valence-corrected chi connectivity index (χ3v) is 5.48. The highest BCUT2D eigenvalue weighted by atomic mass is 19.1. The average molecular weight is 427 g/mol. The topological polar surface area (TPSA) is 67.6 Å². The summed E-state index contributed by atoms with van der Waals surface area (Å²) in [4.78, 5) is 14.8. The fourth-order valence-electron chi connectivity index (χ4n) is 3.81. The molecule has 4 rings (SSSR count). The van der Waals surface area contributed by atoms with E-state index in [-0.39, 0.29) is 18.3 Å². The molecule has 3 aromatic rings. The van der Waals surface area contributed by atoms with Crippen LogP contribution in [0.25, 0.3) is 11.3 Å². The largest absolute Gasteiger partial charge is 0.497 e. The Balaban J connectivity index is 1.47. The van der Waals surface area contributed by atoms with Gasteiger partial charge in [-0.25, -0.2) is 8.78 Å². The van der Waals surface area contributed by atoms with E-state index >= 15 is 0 Å². The van der Waals surface area contributed by atoms with Crippen LogP contribution in [0.3, 0.4) is 0 Å². The second-order valence-electron chi connectivity index (χ2n) is 7.44. The predicted molar refractivity (Wildman–Crippen MR) is 111 cm³/mol. The monoisotopic (exact) mass is 427 g/mol. The van der Waals surface area contributed by atoms with Gasteiger partial charge in [0, 0.05) is 29.8 Å². The van der Waals surface area contributed by atoms with Crippen molar-refractivity contribution in [1.29, 1.82) is 0 Å². The molecule has 0 unspecified atom stereocenters. The molecule has 1 N–H and O–H groups in total. The lowest BCUT2D eigenvalue weighted by Crippen LogP contribution is -2.37. The number of hydrogen-bond donors (Lipinski definition) is 1. The van der Waals surface area contributed by atoms with E-state index in [2.05, 4.69) is 15.4 Å². The summed E-state index contributed by atoms with van der Waals surface area (Å²) >= 11 is 0.